The minimum absolute atomic E-state index is 0.163. The van der Waals surface area contributed by atoms with Crippen molar-refractivity contribution in [3.05, 3.63) is 59.4 Å². The Balaban J connectivity index is 1.98. The van der Waals surface area contributed by atoms with E-state index in [0.29, 0.717) is 28.7 Å². The molecule has 2 aromatic heterocycles. The zero-order chi connectivity index (χ0) is 16.9. The molecule has 0 spiro atoms. The number of amides is 1. The van der Waals surface area contributed by atoms with Crippen LogP contribution in [-0.4, -0.2) is 22.2 Å². The molecule has 0 unspecified atom stereocenters. The fraction of sp³-hybridized carbons (Fsp3) is 0.222. The van der Waals surface area contributed by atoms with Crippen LogP contribution >= 0.6 is 11.6 Å². The summed E-state index contributed by atoms with van der Waals surface area (Å²) in [6.07, 6.45) is 3.54. The third-order valence-electron chi connectivity index (χ3n) is 3.60. The fourth-order valence-corrected chi connectivity index (χ4v) is 2.46. The maximum atomic E-state index is 12.5. The molecule has 0 aliphatic rings. The lowest BCUT2D eigenvalue weighted by Crippen LogP contribution is -2.26. The van der Waals surface area contributed by atoms with Crippen LogP contribution in [0.4, 0.5) is 0 Å². The molecule has 1 aromatic carbocycles. The van der Waals surface area contributed by atoms with Crippen LogP contribution in [0, 0.1) is 0 Å². The Hall–Kier alpha value is -2.53. The normalized spacial score (nSPS) is 10.8. The summed E-state index contributed by atoms with van der Waals surface area (Å²) in [5.41, 5.74) is 1.83. The number of furan rings is 1. The van der Waals surface area contributed by atoms with Crippen molar-refractivity contribution in [2.45, 2.75) is 19.8 Å². The van der Waals surface area contributed by atoms with Gasteiger partial charge in [0.1, 0.15) is 11.4 Å². The summed E-state index contributed by atoms with van der Waals surface area (Å²) in [6, 6.07) is 12.5. The number of unbranched alkanes of at least 4 members (excludes halogenated alkanes) is 1. The highest BCUT2D eigenvalue weighted by Crippen LogP contribution is 2.23. The van der Waals surface area contributed by atoms with Crippen molar-refractivity contribution >= 4 is 17.5 Å². The molecule has 124 valence electrons. The van der Waals surface area contributed by atoms with Gasteiger partial charge in [0.15, 0.2) is 5.76 Å². The summed E-state index contributed by atoms with van der Waals surface area (Å²) in [5, 5.41) is 8.08. The fourth-order valence-electron chi connectivity index (χ4n) is 2.34. The van der Waals surface area contributed by atoms with E-state index in [1.54, 1.807) is 35.2 Å². The van der Waals surface area contributed by atoms with Gasteiger partial charge in [-0.05, 0) is 42.8 Å². The third kappa shape index (κ3) is 3.51. The van der Waals surface area contributed by atoms with Gasteiger partial charge in [0.05, 0.1) is 12.0 Å². The second kappa shape index (κ2) is 7.36. The summed E-state index contributed by atoms with van der Waals surface area (Å²) < 4.78 is 7.00. The first-order chi connectivity index (χ1) is 11.7. The summed E-state index contributed by atoms with van der Waals surface area (Å²) >= 11 is 5.95. The van der Waals surface area contributed by atoms with Gasteiger partial charge < -0.3 is 9.73 Å². The summed E-state index contributed by atoms with van der Waals surface area (Å²) in [4.78, 5) is 12.5. The van der Waals surface area contributed by atoms with Crippen molar-refractivity contribution in [3.63, 3.8) is 0 Å². The van der Waals surface area contributed by atoms with E-state index in [9.17, 15) is 4.79 Å². The zero-order valence-corrected chi connectivity index (χ0v) is 14.1. The first-order valence-electron chi connectivity index (χ1n) is 7.87. The molecular formula is C18H18ClN3O2. The molecule has 5 nitrogen and oxygen atoms in total. The van der Waals surface area contributed by atoms with Gasteiger partial charge in [0.25, 0.3) is 5.91 Å². The SMILES string of the molecule is CCCCNC(=O)c1cc(-c2ccco2)nn1-c1ccc(Cl)cc1. The maximum Gasteiger partial charge on any atom is 0.270 e. The number of rotatable bonds is 6. The van der Waals surface area contributed by atoms with Crippen molar-refractivity contribution in [2.75, 3.05) is 6.54 Å². The number of aromatic nitrogens is 2. The average Bonchev–Trinajstić information content (AvgIpc) is 3.25. The smallest absolute Gasteiger partial charge is 0.270 e. The van der Waals surface area contributed by atoms with E-state index in [-0.39, 0.29) is 5.91 Å². The predicted molar refractivity (Wildman–Crippen MR) is 93.5 cm³/mol. The molecular weight excluding hydrogens is 326 g/mol. The number of halogens is 1. The molecule has 0 aliphatic carbocycles. The maximum absolute atomic E-state index is 12.5. The van der Waals surface area contributed by atoms with Gasteiger partial charge in [-0.1, -0.05) is 24.9 Å². The molecule has 0 radical (unpaired) electrons. The molecule has 24 heavy (non-hydrogen) atoms. The molecule has 3 aromatic rings. The van der Waals surface area contributed by atoms with E-state index in [2.05, 4.69) is 17.3 Å². The number of carbonyl (C=O) groups excluding carboxylic acids is 1. The highest BCUT2D eigenvalue weighted by Gasteiger charge is 2.18. The topological polar surface area (TPSA) is 60.1 Å². The van der Waals surface area contributed by atoms with Crippen LogP contribution < -0.4 is 5.32 Å². The Labute approximate surface area is 145 Å². The van der Waals surface area contributed by atoms with E-state index in [0.717, 1.165) is 18.5 Å². The van der Waals surface area contributed by atoms with Gasteiger partial charge in [-0.2, -0.15) is 5.10 Å². The minimum Gasteiger partial charge on any atom is -0.463 e. The average molecular weight is 344 g/mol. The number of nitrogens with zero attached hydrogens (tertiary/aromatic N) is 2. The number of hydrogen-bond acceptors (Lipinski definition) is 3. The Bertz CT molecular complexity index is 807. The van der Waals surface area contributed by atoms with Crippen molar-refractivity contribution in [2.24, 2.45) is 0 Å². The van der Waals surface area contributed by atoms with Crippen molar-refractivity contribution < 1.29 is 9.21 Å². The van der Waals surface area contributed by atoms with Gasteiger partial charge >= 0.3 is 0 Å². The Morgan fingerprint density at radius 3 is 2.75 bits per heavy atom. The number of hydrogen-bond donors (Lipinski definition) is 1. The molecule has 0 saturated heterocycles. The van der Waals surface area contributed by atoms with Gasteiger partial charge in [-0.25, -0.2) is 4.68 Å². The molecule has 0 saturated carbocycles. The standard InChI is InChI=1S/C18H18ClN3O2/c1-2-3-10-20-18(23)16-12-15(17-5-4-11-24-17)21-22(16)14-8-6-13(19)7-9-14/h4-9,11-12H,2-3,10H2,1H3,(H,20,23). The highest BCUT2D eigenvalue weighted by atomic mass is 35.5. The molecule has 6 heteroatoms. The Morgan fingerprint density at radius 1 is 1.29 bits per heavy atom. The third-order valence-corrected chi connectivity index (χ3v) is 3.85. The summed E-state index contributed by atoms with van der Waals surface area (Å²) in [6.45, 7) is 2.72. The van der Waals surface area contributed by atoms with E-state index in [1.165, 1.54) is 0 Å². The van der Waals surface area contributed by atoms with Gasteiger partial charge in [0.2, 0.25) is 0 Å². The van der Waals surface area contributed by atoms with Crippen molar-refractivity contribution in [3.8, 4) is 17.1 Å². The Morgan fingerprint density at radius 2 is 2.08 bits per heavy atom. The van der Waals surface area contributed by atoms with Crippen molar-refractivity contribution in [1.29, 1.82) is 0 Å². The second-order valence-corrected chi connectivity index (χ2v) is 5.83. The summed E-state index contributed by atoms with van der Waals surface area (Å²) in [7, 11) is 0. The first kappa shape index (κ1) is 16.3. The minimum atomic E-state index is -0.163. The first-order valence-corrected chi connectivity index (χ1v) is 8.25. The summed E-state index contributed by atoms with van der Waals surface area (Å²) in [5.74, 6) is 0.453. The van der Waals surface area contributed by atoms with Crippen LogP contribution in [0.5, 0.6) is 0 Å². The van der Waals surface area contributed by atoms with Crippen LogP contribution in [-0.2, 0) is 0 Å². The van der Waals surface area contributed by atoms with E-state index < -0.39 is 0 Å². The highest BCUT2D eigenvalue weighted by molar-refractivity contribution is 6.30. The lowest BCUT2D eigenvalue weighted by Gasteiger charge is -2.08. The van der Waals surface area contributed by atoms with Crippen molar-refractivity contribution in [1.82, 2.24) is 15.1 Å². The number of carbonyl (C=O) groups is 1. The molecule has 0 aliphatic heterocycles. The molecule has 0 atom stereocenters. The number of nitrogens with one attached hydrogen (secondary N) is 1. The molecule has 0 fully saturated rings. The van der Waals surface area contributed by atoms with Crippen LogP contribution in [0.15, 0.2) is 53.1 Å². The number of benzene rings is 1. The van der Waals surface area contributed by atoms with Crippen LogP contribution in [0.25, 0.3) is 17.1 Å². The second-order valence-electron chi connectivity index (χ2n) is 5.39. The lowest BCUT2D eigenvalue weighted by molar-refractivity contribution is 0.0945. The van der Waals surface area contributed by atoms with Crippen LogP contribution in [0.2, 0.25) is 5.02 Å². The largest absolute Gasteiger partial charge is 0.463 e. The van der Waals surface area contributed by atoms with Crippen LogP contribution in [0.1, 0.15) is 30.3 Å². The van der Waals surface area contributed by atoms with Gasteiger partial charge in [0, 0.05) is 17.6 Å². The molecule has 0 bridgehead atoms. The molecule has 1 amide bonds. The monoisotopic (exact) mass is 343 g/mol. The van der Waals surface area contributed by atoms with Crippen LogP contribution in [0.3, 0.4) is 0 Å². The Kier molecular flexibility index (Phi) is 5.01. The zero-order valence-electron chi connectivity index (χ0n) is 13.3. The quantitative estimate of drug-likeness (QED) is 0.678. The van der Waals surface area contributed by atoms with E-state index in [4.69, 9.17) is 16.0 Å². The van der Waals surface area contributed by atoms with Gasteiger partial charge in [-0.15, -0.1) is 0 Å². The molecule has 2 heterocycles. The predicted octanol–water partition coefficient (Wildman–Crippen LogP) is 4.32. The lowest BCUT2D eigenvalue weighted by atomic mass is 10.2. The van der Waals surface area contributed by atoms with Gasteiger partial charge in [-0.3, -0.25) is 4.79 Å². The van der Waals surface area contributed by atoms with E-state index in [1.807, 2.05) is 18.2 Å². The molecule has 3 rings (SSSR count). The molecule has 1 N–H and O–H groups in total. The van der Waals surface area contributed by atoms with E-state index >= 15 is 0 Å².